The molecule has 0 aliphatic carbocycles. The Balaban J connectivity index is 0.00000210. The molecule has 0 spiro atoms. The van der Waals surface area contributed by atoms with Crippen molar-refractivity contribution in [3.63, 3.8) is 0 Å². The molecule has 0 saturated carbocycles. The van der Waals surface area contributed by atoms with Crippen LogP contribution in [-0.4, -0.2) is 47.1 Å². The first-order valence-electron chi connectivity index (χ1n) is 8.92. The largest absolute Gasteiger partial charge is 0.326 e. The summed E-state index contributed by atoms with van der Waals surface area (Å²) in [5, 5.41) is 0. The zero-order valence-electron chi connectivity index (χ0n) is 15.8. The zero-order valence-corrected chi connectivity index (χ0v) is 19.9. The van der Waals surface area contributed by atoms with Crippen molar-refractivity contribution in [2.75, 3.05) is 25.4 Å². The first kappa shape index (κ1) is 26.4. The second-order valence-electron chi connectivity index (χ2n) is 6.62. The third-order valence-electron chi connectivity index (χ3n) is 4.68. The number of halogens is 2. The van der Waals surface area contributed by atoms with E-state index in [1.807, 2.05) is 0 Å². The topological polar surface area (TPSA) is 97.5 Å². The van der Waals surface area contributed by atoms with Crippen LogP contribution in [0.4, 0.5) is 0 Å². The van der Waals surface area contributed by atoms with Gasteiger partial charge in [0.25, 0.3) is 0 Å². The minimum atomic E-state index is -3.66. The highest BCUT2D eigenvalue weighted by atomic mass is 35.5. The van der Waals surface area contributed by atoms with Gasteiger partial charge in [0.1, 0.15) is 4.21 Å². The van der Waals surface area contributed by atoms with Crippen LogP contribution in [0.15, 0.2) is 50.4 Å². The van der Waals surface area contributed by atoms with E-state index in [1.165, 1.54) is 43.2 Å². The number of sulfone groups is 2. The van der Waals surface area contributed by atoms with E-state index in [0.717, 1.165) is 35.8 Å². The van der Waals surface area contributed by atoms with Crippen molar-refractivity contribution < 1.29 is 16.8 Å². The van der Waals surface area contributed by atoms with E-state index < -0.39 is 19.7 Å². The standard InChI is InChI=1S/C18H24N2O4S3.2ClH/c19-14-15-4-9-18(25-15)27(23,24)17-7-5-16(6-8-17)26(21,22)13-3-12-20-10-1-2-11-20;;/h4-9H,1-3,10-14,19H2;2*1H. The molecule has 1 aromatic carbocycles. The van der Waals surface area contributed by atoms with E-state index in [4.69, 9.17) is 5.73 Å². The quantitative estimate of drug-likeness (QED) is 0.597. The Bertz CT molecular complexity index is 984. The van der Waals surface area contributed by atoms with Gasteiger partial charge < -0.3 is 10.6 Å². The summed E-state index contributed by atoms with van der Waals surface area (Å²) in [6, 6.07) is 8.72. The van der Waals surface area contributed by atoms with E-state index in [0.29, 0.717) is 6.42 Å². The molecule has 3 rings (SSSR count). The minimum Gasteiger partial charge on any atom is -0.326 e. The fourth-order valence-electron chi connectivity index (χ4n) is 3.16. The molecule has 6 nitrogen and oxygen atoms in total. The average Bonchev–Trinajstić information content (AvgIpc) is 3.33. The summed E-state index contributed by atoms with van der Waals surface area (Å²) >= 11 is 1.13. The second kappa shape index (κ2) is 11.1. The summed E-state index contributed by atoms with van der Waals surface area (Å²) in [5.41, 5.74) is 5.54. The number of hydrogen-bond acceptors (Lipinski definition) is 7. The lowest BCUT2D eigenvalue weighted by atomic mass is 10.4. The molecule has 29 heavy (non-hydrogen) atoms. The molecule has 11 heteroatoms. The Morgan fingerprint density at radius 3 is 2.03 bits per heavy atom. The smallest absolute Gasteiger partial charge is 0.215 e. The average molecular weight is 502 g/mol. The molecule has 2 N–H and O–H groups in total. The maximum absolute atomic E-state index is 12.7. The highest BCUT2D eigenvalue weighted by Gasteiger charge is 2.22. The lowest BCUT2D eigenvalue weighted by Gasteiger charge is -2.14. The number of benzene rings is 1. The molecule has 1 aliphatic rings. The summed E-state index contributed by atoms with van der Waals surface area (Å²) in [7, 11) is -7.07. The van der Waals surface area contributed by atoms with Gasteiger partial charge in [-0.3, -0.25) is 0 Å². The van der Waals surface area contributed by atoms with Gasteiger partial charge in [-0.1, -0.05) is 0 Å². The molecule has 0 unspecified atom stereocenters. The lowest BCUT2D eigenvalue weighted by molar-refractivity contribution is 0.340. The van der Waals surface area contributed by atoms with Crippen LogP contribution >= 0.6 is 36.2 Å². The summed E-state index contributed by atoms with van der Waals surface area (Å²) in [5.74, 6) is 0.0698. The van der Waals surface area contributed by atoms with Gasteiger partial charge in [0.2, 0.25) is 9.84 Å². The van der Waals surface area contributed by atoms with Gasteiger partial charge in [-0.2, -0.15) is 0 Å². The zero-order chi connectivity index (χ0) is 19.5. The number of likely N-dealkylation sites (tertiary alicyclic amines) is 1. The number of thiophene rings is 1. The number of nitrogens with two attached hydrogens (primary N) is 1. The third-order valence-corrected chi connectivity index (χ3v) is 9.87. The summed E-state index contributed by atoms with van der Waals surface area (Å²) in [6.07, 6.45) is 2.94. The molecule has 0 amide bonds. The van der Waals surface area contributed by atoms with E-state index >= 15 is 0 Å². The van der Waals surface area contributed by atoms with Crippen molar-refractivity contribution in [2.24, 2.45) is 5.73 Å². The molecule has 0 atom stereocenters. The van der Waals surface area contributed by atoms with Crippen LogP contribution in [0.1, 0.15) is 24.1 Å². The van der Waals surface area contributed by atoms with Crippen molar-refractivity contribution >= 4 is 55.8 Å². The molecule has 1 aromatic heterocycles. The van der Waals surface area contributed by atoms with Gasteiger partial charge in [0, 0.05) is 11.4 Å². The monoisotopic (exact) mass is 500 g/mol. The molecule has 0 bridgehead atoms. The molecular weight excluding hydrogens is 475 g/mol. The van der Waals surface area contributed by atoms with Crippen molar-refractivity contribution in [3.05, 3.63) is 41.3 Å². The number of rotatable bonds is 8. The Morgan fingerprint density at radius 1 is 0.897 bits per heavy atom. The van der Waals surface area contributed by atoms with E-state index in [9.17, 15) is 16.8 Å². The molecule has 1 saturated heterocycles. The van der Waals surface area contributed by atoms with E-state index in [2.05, 4.69) is 4.90 Å². The Hall–Kier alpha value is -0.680. The third kappa shape index (κ3) is 6.40. The van der Waals surface area contributed by atoms with Crippen LogP contribution in [0.3, 0.4) is 0 Å². The number of nitrogens with zero attached hydrogens (tertiary/aromatic N) is 1. The van der Waals surface area contributed by atoms with Crippen LogP contribution in [0.2, 0.25) is 0 Å². The molecule has 2 aromatic rings. The van der Waals surface area contributed by atoms with Gasteiger partial charge in [-0.25, -0.2) is 16.8 Å². The molecule has 1 fully saturated rings. The first-order valence-corrected chi connectivity index (χ1v) is 12.9. The van der Waals surface area contributed by atoms with Crippen molar-refractivity contribution in [1.82, 2.24) is 4.90 Å². The van der Waals surface area contributed by atoms with Gasteiger partial charge in [-0.15, -0.1) is 36.2 Å². The minimum absolute atomic E-state index is 0. The van der Waals surface area contributed by atoms with Crippen LogP contribution in [0, 0.1) is 0 Å². The highest BCUT2D eigenvalue weighted by molar-refractivity contribution is 7.93. The van der Waals surface area contributed by atoms with Gasteiger partial charge in [-0.05, 0) is 75.3 Å². The number of hydrogen-bond donors (Lipinski definition) is 1. The van der Waals surface area contributed by atoms with Crippen molar-refractivity contribution in [2.45, 2.75) is 39.8 Å². The van der Waals surface area contributed by atoms with E-state index in [1.54, 1.807) is 6.07 Å². The van der Waals surface area contributed by atoms with Crippen LogP contribution in [-0.2, 0) is 26.2 Å². The maximum atomic E-state index is 12.7. The molecule has 2 heterocycles. The fourth-order valence-corrected chi connectivity index (χ4v) is 7.09. The van der Waals surface area contributed by atoms with Crippen LogP contribution < -0.4 is 5.73 Å². The Kier molecular flexibility index (Phi) is 10.1. The fraction of sp³-hybridized carbons (Fsp3) is 0.444. The Morgan fingerprint density at radius 2 is 1.48 bits per heavy atom. The first-order chi connectivity index (χ1) is 12.8. The SMILES string of the molecule is Cl.Cl.NCc1ccc(S(=O)(=O)c2ccc(S(=O)(=O)CCCN3CCCC3)cc2)s1. The highest BCUT2D eigenvalue weighted by Crippen LogP contribution is 2.28. The Labute approximate surface area is 189 Å². The molecular formula is C18H26Cl2N2O4S3. The predicted octanol–water partition coefficient (Wildman–Crippen LogP) is 3.14. The van der Waals surface area contributed by atoms with Crippen molar-refractivity contribution in [3.8, 4) is 0 Å². The molecule has 164 valence electrons. The predicted molar refractivity (Wildman–Crippen MR) is 121 cm³/mol. The van der Waals surface area contributed by atoms with Crippen LogP contribution in [0.5, 0.6) is 0 Å². The van der Waals surface area contributed by atoms with Crippen LogP contribution in [0.25, 0.3) is 0 Å². The maximum Gasteiger partial charge on any atom is 0.215 e. The summed E-state index contributed by atoms with van der Waals surface area (Å²) in [4.78, 5) is 3.31. The second-order valence-corrected chi connectivity index (χ2v) is 12.1. The molecule has 0 radical (unpaired) electrons. The van der Waals surface area contributed by atoms with E-state index in [-0.39, 0.29) is 51.1 Å². The van der Waals surface area contributed by atoms with Gasteiger partial charge >= 0.3 is 0 Å². The van der Waals surface area contributed by atoms with Gasteiger partial charge in [0.15, 0.2) is 9.84 Å². The van der Waals surface area contributed by atoms with Crippen molar-refractivity contribution in [1.29, 1.82) is 0 Å². The van der Waals surface area contributed by atoms with Gasteiger partial charge in [0.05, 0.1) is 15.5 Å². The normalized spacial score (nSPS) is 14.9. The lowest BCUT2D eigenvalue weighted by Crippen LogP contribution is -2.22. The molecule has 1 aliphatic heterocycles. The summed E-state index contributed by atoms with van der Waals surface area (Å²) in [6.45, 7) is 3.16. The summed E-state index contributed by atoms with van der Waals surface area (Å²) < 4.78 is 50.5.